The van der Waals surface area contributed by atoms with Crippen molar-refractivity contribution in [1.82, 2.24) is 20.9 Å². The molecule has 0 saturated carbocycles. The van der Waals surface area contributed by atoms with E-state index in [1.807, 2.05) is 30.5 Å². The fraction of sp³-hybridized carbons (Fsp3) is 0.429. The zero-order chi connectivity index (χ0) is 24.4. The number of nitrogens with two attached hydrogens (primary N) is 1. The number of aromatic amines is 1. The SMILES string of the molecule is CSCCC(N)C(=O)NC(CS)C(=O)NC(Cc1c[nH]c2ccccc12)C(=O)NCC(=O)O. The number of thioether (sulfide) groups is 1. The molecule has 180 valence electrons. The lowest BCUT2D eigenvalue weighted by Gasteiger charge is -2.23. The number of hydrogen-bond donors (Lipinski definition) is 7. The highest BCUT2D eigenvalue weighted by Crippen LogP contribution is 2.19. The number of hydrogen-bond acceptors (Lipinski definition) is 7. The summed E-state index contributed by atoms with van der Waals surface area (Å²) in [7, 11) is 0. The molecule has 0 aliphatic rings. The molecule has 0 fully saturated rings. The smallest absolute Gasteiger partial charge is 0.322 e. The number of benzene rings is 1. The number of amides is 3. The quantitative estimate of drug-likeness (QED) is 0.190. The minimum absolute atomic E-state index is 0.0105. The summed E-state index contributed by atoms with van der Waals surface area (Å²) in [6.45, 7) is -0.587. The number of carbonyl (C=O) groups excluding carboxylic acids is 3. The van der Waals surface area contributed by atoms with Gasteiger partial charge in [-0.3, -0.25) is 19.2 Å². The van der Waals surface area contributed by atoms with Crippen LogP contribution in [0.15, 0.2) is 30.5 Å². The summed E-state index contributed by atoms with van der Waals surface area (Å²) in [5, 5.41) is 17.2. The second-order valence-electron chi connectivity index (χ2n) is 7.37. The molecule has 0 aliphatic carbocycles. The number of thiol groups is 1. The average molecular weight is 496 g/mol. The van der Waals surface area contributed by atoms with Crippen molar-refractivity contribution >= 4 is 59.0 Å². The molecule has 33 heavy (non-hydrogen) atoms. The molecule has 1 aromatic heterocycles. The van der Waals surface area contributed by atoms with Crippen molar-refractivity contribution in [2.45, 2.75) is 31.0 Å². The van der Waals surface area contributed by atoms with Crippen LogP contribution >= 0.6 is 24.4 Å². The van der Waals surface area contributed by atoms with E-state index in [2.05, 4.69) is 33.6 Å². The number of aliphatic carboxylic acids is 1. The van der Waals surface area contributed by atoms with Crippen molar-refractivity contribution in [3.63, 3.8) is 0 Å². The first kappa shape index (κ1) is 26.6. The Morgan fingerprint density at radius 3 is 2.48 bits per heavy atom. The van der Waals surface area contributed by atoms with Crippen molar-refractivity contribution in [3.8, 4) is 0 Å². The minimum Gasteiger partial charge on any atom is -0.480 e. The van der Waals surface area contributed by atoms with E-state index < -0.39 is 48.4 Å². The van der Waals surface area contributed by atoms with Crippen molar-refractivity contribution in [3.05, 3.63) is 36.0 Å². The number of carbonyl (C=O) groups is 4. The van der Waals surface area contributed by atoms with E-state index >= 15 is 0 Å². The average Bonchev–Trinajstić information content (AvgIpc) is 3.21. The fourth-order valence-corrected chi connectivity index (χ4v) is 3.88. The van der Waals surface area contributed by atoms with E-state index in [0.29, 0.717) is 12.2 Å². The third-order valence-corrected chi connectivity index (χ3v) is 5.94. The predicted octanol–water partition coefficient (Wildman–Crippen LogP) is -0.109. The van der Waals surface area contributed by atoms with Gasteiger partial charge in [-0.2, -0.15) is 24.4 Å². The van der Waals surface area contributed by atoms with Crippen LogP contribution in [0.25, 0.3) is 10.9 Å². The minimum atomic E-state index is -1.21. The Balaban J connectivity index is 2.14. The van der Waals surface area contributed by atoms with Crippen LogP contribution in [0.5, 0.6) is 0 Å². The molecule has 1 heterocycles. The van der Waals surface area contributed by atoms with E-state index in [4.69, 9.17) is 10.8 Å². The summed E-state index contributed by atoms with van der Waals surface area (Å²) < 4.78 is 0. The molecular formula is C21H29N5O5S2. The molecule has 0 spiro atoms. The van der Waals surface area contributed by atoms with E-state index in [-0.39, 0.29) is 12.2 Å². The van der Waals surface area contributed by atoms with Crippen LogP contribution in [0.2, 0.25) is 0 Å². The Hall–Kier alpha value is -2.70. The molecule has 10 nitrogen and oxygen atoms in total. The van der Waals surface area contributed by atoms with Crippen LogP contribution in [0.4, 0.5) is 0 Å². The Labute approximate surface area is 201 Å². The summed E-state index contributed by atoms with van der Waals surface area (Å²) in [5.41, 5.74) is 7.50. The molecule has 1 aromatic carbocycles. The maximum Gasteiger partial charge on any atom is 0.322 e. The van der Waals surface area contributed by atoms with Crippen LogP contribution < -0.4 is 21.7 Å². The first-order chi connectivity index (χ1) is 15.8. The topological polar surface area (TPSA) is 166 Å². The first-order valence-corrected chi connectivity index (χ1v) is 12.3. The molecule has 3 atom stereocenters. The van der Waals surface area contributed by atoms with Gasteiger partial charge in [-0.05, 0) is 30.1 Å². The number of fused-ring (bicyclic) bond motifs is 1. The number of para-hydroxylation sites is 1. The van der Waals surface area contributed by atoms with E-state index in [1.54, 1.807) is 18.0 Å². The Kier molecular flexibility index (Phi) is 10.6. The zero-order valence-electron chi connectivity index (χ0n) is 18.2. The molecule has 0 radical (unpaired) electrons. The number of aromatic nitrogens is 1. The Morgan fingerprint density at radius 1 is 1.12 bits per heavy atom. The molecule has 3 unspecified atom stereocenters. The molecular weight excluding hydrogens is 466 g/mol. The highest BCUT2D eigenvalue weighted by molar-refractivity contribution is 7.98. The summed E-state index contributed by atoms with van der Waals surface area (Å²) in [6.07, 6.45) is 4.20. The van der Waals surface area contributed by atoms with Gasteiger partial charge in [0.25, 0.3) is 0 Å². The largest absolute Gasteiger partial charge is 0.480 e. The fourth-order valence-electron chi connectivity index (χ4n) is 3.14. The third kappa shape index (κ3) is 7.98. The van der Waals surface area contributed by atoms with Crippen LogP contribution in [0.1, 0.15) is 12.0 Å². The second kappa shape index (κ2) is 13.1. The lowest BCUT2D eigenvalue weighted by atomic mass is 10.0. The second-order valence-corrected chi connectivity index (χ2v) is 8.72. The lowest BCUT2D eigenvalue weighted by Crippen LogP contribution is -2.57. The highest BCUT2D eigenvalue weighted by atomic mass is 32.2. The first-order valence-electron chi connectivity index (χ1n) is 10.3. The summed E-state index contributed by atoms with van der Waals surface area (Å²) in [5.74, 6) is -2.28. The normalized spacial score (nSPS) is 13.7. The van der Waals surface area contributed by atoms with Gasteiger partial charge in [0.15, 0.2) is 0 Å². The number of H-pyrrole nitrogens is 1. The van der Waals surface area contributed by atoms with Crippen LogP contribution in [-0.2, 0) is 25.6 Å². The monoisotopic (exact) mass is 495 g/mol. The summed E-state index contributed by atoms with van der Waals surface area (Å²) >= 11 is 5.70. The van der Waals surface area contributed by atoms with Gasteiger partial charge in [0, 0.05) is 29.3 Å². The Bertz CT molecular complexity index is 983. The number of nitrogens with one attached hydrogen (secondary N) is 4. The van der Waals surface area contributed by atoms with Crippen molar-refractivity contribution in [1.29, 1.82) is 0 Å². The maximum atomic E-state index is 12.9. The van der Waals surface area contributed by atoms with Gasteiger partial charge in [-0.15, -0.1) is 0 Å². The van der Waals surface area contributed by atoms with E-state index in [1.165, 1.54) is 0 Å². The van der Waals surface area contributed by atoms with Crippen LogP contribution in [0, 0.1) is 0 Å². The summed E-state index contributed by atoms with van der Waals surface area (Å²) in [6, 6.07) is 4.62. The Morgan fingerprint density at radius 2 is 1.82 bits per heavy atom. The number of carboxylic acid groups (broad SMARTS) is 1. The van der Waals surface area contributed by atoms with E-state index in [9.17, 15) is 19.2 Å². The predicted molar refractivity (Wildman–Crippen MR) is 131 cm³/mol. The molecule has 0 saturated heterocycles. The van der Waals surface area contributed by atoms with Crippen LogP contribution in [-0.4, -0.2) is 76.2 Å². The zero-order valence-corrected chi connectivity index (χ0v) is 19.9. The van der Waals surface area contributed by atoms with Crippen molar-refractivity contribution in [2.75, 3.05) is 24.3 Å². The molecule has 12 heteroatoms. The van der Waals surface area contributed by atoms with Gasteiger partial charge in [0.1, 0.15) is 18.6 Å². The molecule has 3 amide bonds. The molecule has 0 aliphatic heterocycles. The van der Waals surface area contributed by atoms with Gasteiger partial charge in [0.2, 0.25) is 17.7 Å². The molecule has 2 rings (SSSR count). The molecule has 2 aromatic rings. The summed E-state index contributed by atoms with van der Waals surface area (Å²) in [4.78, 5) is 51.8. The standard InChI is InChI=1S/C21H29N5O5S2/c1-33-7-6-14(22)19(29)26-17(11-32)21(31)25-16(20(30)24-10-18(27)28)8-12-9-23-15-5-3-2-4-13(12)15/h2-5,9,14,16-17,23,32H,6-8,10-11,22H2,1H3,(H,24,30)(H,25,31)(H,26,29)(H,27,28). The molecule has 0 bridgehead atoms. The van der Waals surface area contributed by atoms with Gasteiger partial charge >= 0.3 is 5.97 Å². The number of carboxylic acids is 1. The van der Waals surface area contributed by atoms with Gasteiger partial charge in [0.05, 0.1) is 6.04 Å². The highest BCUT2D eigenvalue weighted by Gasteiger charge is 2.28. The van der Waals surface area contributed by atoms with Crippen molar-refractivity contribution in [2.24, 2.45) is 5.73 Å². The van der Waals surface area contributed by atoms with Gasteiger partial charge < -0.3 is 31.8 Å². The van der Waals surface area contributed by atoms with E-state index in [0.717, 1.165) is 16.5 Å². The molecule has 7 N–H and O–H groups in total. The van der Waals surface area contributed by atoms with Gasteiger partial charge in [-0.25, -0.2) is 0 Å². The third-order valence-electron chi connectivity index (χ3n) is 4.93. The lowest BCUT2D eigenvalue weighted by molar-refractivity contribution is -0.138. The van der Waals surface area contributed by atoms with Crippen LogP contribution in [0.3, 0.4) is 0 Å². The van der Waals surface area contributed by atoms with Gasteiger partial charge in [-0.1, -0.05) is 18.2 Å². The number of rotatable bonds is 13. The van der Waals surface area contributed by atoms with Crippen molar-refractivity contribution < 1.29 is 24.3 Å². The maximum absolute atomic E-state index is 12.9.